The normalized spacial score (nSPS) is 12.9. The van der Waals surface area contributed by atoms with Crippen molar-refractivity contribution in [3.8, 4) is 0 Å². The Kier molecular flexibility index (Phi) is 61.8. The van der Waals surface area contributed by atoms with E-state index in [0.29, 0.717) is 19.3 Å². The molecular weight excluding hydrogens is 961 g/mol. The molecule has 0 N–H and O–H groups in total. The molecule has 6 heteroatoms. The Morgan fingerprint density at radius 3 is 0.833 bits per heavy atom. The van der Waals surface area contributed by atoms with Crippen molar-refractivity contribution in [2.75, 3.05) is 13.2 Å². The average molecular weight is 1080 g/mol. The van der Waals surface area contributed by atoms with Crippen LogP contribution < -0.4 is 0 Å². The predicted molar refractivity (Wildman–Crippen MR) is 339 cm³/mol. The summed E-state index contributed by atoms with van der Waals surface area (Å²) in [7, 11) is 0. The highest BCUT2D eigenvalue weighted by molar-refractivity contribution is 5.71. The third-order valence-electron chi connectivity index (χ3n) is 13.7. The summed E-state index contributed by atoms with van der Waals surface area (Å²) in [5.41, 5.74) is 0. The maximum Gasteiger partial charge on any atom is 0.306 e. The van der Waals surface area contributed by atoms with Gasteiger partial charge >= 0.3 is 17.9 Å². The number of hydrogen-bond donors (Lipinski definition) is 0. The first-order valence-corrected chi connectivity index (χ1v) is 32.5. The van der Waals surface area contributed by atoms with Crippen molar-refractivity contribution in [1.82, 2.24) is 0 Å². The minimum absolute atomic E-state index is 0.104. The van der Waals surface area contributed by atoms with Crippen molar-refractivity contribution in [2.24, 2.45) is 0 Å². The van der Waals surface area contributed by atoms with E-state index in [1.165, 1.54) is 148 Å². The molecule has 0 aromatic heterocycles. The third-order valence-corrected chi connectivity index (χ3v) is 13.7. The Labute approximate surface area is 482 Å². The molecule has 0 aliphatic heterocycles. The Morgan fingerprint density at radius 2 is 0.526 bits per heavy atom. The van der Waals surface area contributed by atoms with Crippen molar-refractivity contribution in [2.45, 2.75) is 303 Å². The molecule has 0 saturated carbocycles. The molecule has 0 aliphatic rings. The summed E-state index contributed by atoms with van der Waals surface area (Å²) in [6.45, 7) is 6.36. The zero-order valence-corrected chi connectivity index (χ0v) is 50.9. The van der Waals surface area contributed by atoms with Crippen LogP contribution in [-0.2, 0) is 28.6 Å². The third kappa shape index (κ3) is 62.7. The molecule has 0 fully saturated rings. The van der Waals surface area contributed by atoms with Gasteiger partial charge in [0.1, 0.15) is 13.2 Å². The van der Waals surface area contributed by atoms with Gasteiger partial charge in [-0.2, -0.15) is 0 Å². The first-order chi connectivity index (χ1) is 38.5. The van der Waals surface area contributed by atoms with E-state index in [4.69, 9.17) is 14.2 Å². The van der Waals surface area contributed by atoms with Crippen LogP contribution in [0.3, 0.4) is 0 Å². The van der Waals surface area contributed by atoms with E-state index in [1.807, 2.05) is 6.08 Å². The van der Waals surface area contributed by atoms with Gasteiger partial charge in [0.15, 0.2) is 6.10 Å². The highest BCUT2D eigenvalue weighted by Crippen LogP contribution is 2.16. The molecule has 0 aromatic carbocycles. The number of ether oxygens (including phenoxy) is 3. The van der Waals surface area contributed by atoms with Crippen LogP contribution in [0.2, 0.25) is 0 Å². The van der Waals surface area contributed by atoms with Crippen molar-refractivity contribution >= 4 is 17.9 Å². The second-order valence-corrected chi connectivity index (χ2v) is 21.3. The number of carbonyl (C=O) groups is 3. The first-order valence-electron chi connectivity index (χ1n) is 32.5. The van der Waals surface area contributed by atoms with E-state index in [-0.39, 0.29) is 37.5 Å². The number of unbranched alkanes of at least 4 members (excludes halogenated alkanes) is 27. The van der Waals surface area contributed by atoms with Gasteiger partial charge in [0.05, 0.1) is 0 Å². The lowest BCUT2D eigenvalue weighted by molar-refractivity contribution is -0.166. The second kappa shape index (κ2) is 65.3. The monoisotopic (exact) mass is 1080 g/mol. The number of carbonyl (C=O) groups excluding carboxylic acids is 3. The zero-order valence-electron chi connectivity index (χ0n) is 50.9. The molecule has 0 aromatic rings. The molecule has 0 bridgehead atoms. The molecule has 0 heterocycles. The second-order valence-electron chi connectivity index (χ2n) is 21.3. The Hall–Kier alpha value is -4.19. The number of esters is 3. The summed E-state index contributed by atoms with van der Waals surface area (Å²) in [5, 5.41) is 0. The molecular formula is C72H120O6. The summed E-state index contributed by atoms with van der Waals surface area (Å²) in [6, 6.07) is 0. The lowest BCUT2D eigenvalue weighted by Crippen LogP contribution is -2.30. The number of rotatable bonds is 58. The van der Waals surface area contributed by atoms with E-state index < -0.39 is 6.10 Å². The van der Waals surface area contributed by atoms with Gasteiger partial charge in [-0.3, -0.25) is 14.4 Å². The maximum absolute atomic E-state index is 12.8. The van der Waals surface area contributed by atoms with E-state index in [0.717, 1.165) is 103 Å². The number of allylic oxidation sites excluding steroid dienone is 20. The molecule has 1 atom stereocenters. The van der Waals surface area contributed by atoms with Crippen LogP contribution in [0.25, 0.3) is 0 Å². The zero-order chi connectivity index (χ0) is 56.4. The van der Waals surface area contributed by atoms with Crippen molar-refractivity contribution in [1.29, 1.82) is 0 Å². The predicted octanol–water partition coefficient (Wildman–Crippen LogP) is 22.4. The fourth-order valence-electron chi connectivity index (χ4n) is 8.93. The van der Waals surface area contributed by atoms with Crippen LogP contribution in [0, 0.1) is 0 Å². The average Bonchev–Trinajstić information content (AvgIpc) is 3.44. The summed E-state index contributed by atoms with van der Waals surface area (Å²) in [4.78, 5) is 38.1. The molecule has 1 unspecified atom stereocenters. The van der Waals surface area contributed by atoms with E-state index >= 15 is 0 Å². The summed E-state index contributed by atoms with van der Waals surface area (Å²) in [6.07, 6.45) is 91.0. The van der Waals surface area contributed by atoms with Gasteiger partial charge in [-0.05, 0) is 96.3 Å². The summed E-state index contributed by atoms with van der Waals surface area (Å²) < 4.78 is 16.8. The Balaban J connectivity index is 4.13. The van der Waals surface area contributed by atoms with Gasteiger partial charge in [0.2, 0.25) is 0 Å². The summed E-state index contributed by atoms with van der Waals surface area (Å²) in [5.74, 6) is -0.980. The highest BCUT2D eigenvalue weighted by Gasteiger charge is 2.19. The highest BCUT2D eigenvalue weighted by atomic mass is 16.6. The Morgan fingerprint density at radius 1 is 0.269 bits per heavy atom. The van der Waals surface area contributed by atoms with E-state index in [2.05, 4.69) is 136 Å². The largest absolute Gasteiger partial charge is 0.462 e. The molecule has 0 rings (SSSR count). The molecule has 78 heavy (non-hydrogen) atoms. The smallest absolute Gasteiger partial charge is 0.306 e. The molecule has 444 valence electrons. The molecule has 0 aliphatic carbocycles. The molecule has 6 nitrogen and oxygen atoms in total. The van der Waals surface area contributed by atoms with Crippen molar-refractivity contribution in [3.05, 3.63) is 122 Å². The lowest BCUT2D eigenvalue weighted by atomic mass is 10.0. The fraction of sp³-hybridized carbons (Fsp3) is 0.681. The molecule has 0 amide bonds. The first kappa shape index (κ1) is 73.8. The SMILES string of the molecule is CC/C=C\C/C=C\C/C=C\C/C=C\C/C=C\C/C=C\CCCCCCCCCCCCCCCCCCC(=O)OCC(COC(=O)CCCCCCCCCCCCCC)OC(=O)CC/C=C\C/C=C\C/C=C\C/C=C\CC. The van der Waals surface area contributed by atoms with Gasteiger partial charge in [-0.1, -0.05) is 303 Å². The van der Waals surface area contributed by atoms with Crippen LogP contribution >= 0.6 is 0 Å². The minimum Gasteiger partial charge on any atom is -0.462 e. The fourth-order valence-corrected chi connectivity index (χ4v) is 8.93. The minimum atomic E-state index is -0.814. The van der Waals surface area contributed by atoms with Crippen LogP contribution in [0.1, 0.15) is 297 Å². The van der Waals surface area contributed by atoms with Crippen LogP contribution in [0.4, 0.5) is 0 Å². The molecule has 0 radical (unpaired) electrons. The summed E-state index contributed by atoms with van der Waals surface area (Å²) >= 11 is 0. The van der Waals surface area contributed by atoms with Gasteiger partial charge < -0.3 is 14.2 Å². The van der Waals surface area contributed by atoms with Gasteiger partial charge in [-0.25, -0.2) is 0 Å². The van der Waals surface area contributed by atoms with Gasteiger partial charge in [-0.15, -0.1) is 0 Å². The Bertz CT molecular complexity index is 1620. The van der Waals surface area contributed by atoms with Crippen LogP contribution in [0.5, 0.6) is 0 Å². The quantitative estimate of drug-likeness (QED) is 0.0261. The standard InChI is InChI=1S/C72H120O6/c1-4-7-10-13-16-19-22-25-26-27-28-29-30-31-32-33-34-35-36-37-38-39-40-41-42-43-44-45-46-48-50-53-56-59-62-65-71(74)77-68-69(67-76-70(73)64-61-58-55-52-49-24-21-18-15-12-9-6-3)78-72(75)66-63-60-57-54-51-47-23-20-17-14-11-8-5-2/h7-8,10-11,16-17,19-20,25-26,28-29,31-32,34-35,47,51,57,60,69H,4-6,9,12-15,18,21-24,27,30,33,36-46,48-50,52-56,58-59,61-68H2,1-3H3/b10-7-,11-8-,19-16-,20-17-,26-25-,29-28-,32-31-,35-34-,51-47-,60-57-. The maximum atomic E-state index is 12.8. The topological polar surface area (TPSA) is 78.9 Å². The lowest BCUT2D eigenvalue weighted by Gasteiger charge is -2.18. The van der Waals surface area contributed by atoms with Gasteiger partial charge in [0, 0.05) is 19.3 Å². The van der Waals surface area contributed by atoms with Crippen molar-refractivity contribution in [3.63, 3.8) is 0 Å². The van der Waals surface area contributed by atoms with Crippen molar-refractivity contribution < 1.29 is 28.6 Å². The van der Waals surface area contributed by atoms with Gasteiger partial charge in [0.25, 0.3) is 0 Å². The van der Waals surface area contributed by atoms with Crippen LogP contribution in [0.15, 0.2) is 122 Å². The molecule has 0 saturated heterocycles. The number of hydrogen-bond acceptors (Lipinski definition) is 6. The van der Waals surface area contributed by atoms with E-state index in [1.54, 1.807) is 0 Å². The molecule has 0 spiro atoms. The van der Waals surface area contributed by atoms with Crippen LogP contribution in [-0.4, -0.2) is 37.2 Å². The van der Waals surface area contributed by atoms with E-state index in [9.17, 15) is 14.4 Å².